The van der Waals surface area contributed by atoms with Crippen molar-refractivity contribution in [3.8, 4) is 11.1 Å². The molecule has 0 aliphatic carbocycles. The van der Waals surface area contributed by atoms with E-state index < -0.39 is 29.4 Å². The molecule has 2 aliphatic heterocycles. The highest BCUT2D eigenvalue weighted by Crippen LogP contribution is 2.39. The Morgan fingerprint density at radius 1 is 0.978 bits per heavy atom. The topological polar surface area (TPSA) is 80.1 Å². The van der Waals surface area contributed by atoms with Crippen molar-refractivity contribution < 1.29 is 32.2 Å². The van der Waals surface area contributed by atoms with Crippen molar-refractivity contribution in [1.82, 2.24) is 14.7 Å². The van der Waals surface area contributed by atoms with Gasteiger partial charge >= 0.3 is 18.2 Å². The van der Waals surface area contributed by atoms with Crippen LogP contribution >= 0.6 is 11.6 Å². The molecule has 3 aromatic rings. The van der Waals surface area contributed by atoms with Gasteiger partial charge in [-0.3, -0.25) is 4.68 Å². The molecule has 3 heterocycles. The van der Waals surface area contributed by atoms with Gasteiger partial charge in [0, 0.05) is 61.2 Å². The van der Waals surface area contributed by atoms with Crippen LogP contribution in [0.2, 0.25) is 5.02 Å². The van der Waals surface area contributed by atoms with Gasteiger partial charge in [0.25, 0.3) is 0 Å². The second-order valence-electron chi connectivity index (χ2n) is 11.1. The van der Waals surface area contributed by atoms with Crippen LogP contribution in [-0.4, -0.2) is 79.2 Å². The number of piperazine rings is 1. The van der Waals surface area contributed by atoms with Gasteiger partial charge in [0.15, 0.2) is 5.69 Å². The summed E-state index contributed by atoms with van der Waals surface area (Å²) in [4.78, 5) is 30.5. The van der Waals surface area contributed by atoms with Crippen LogP contribution in [0.25, 0.3) is 11.1 Å². The third-order valence-electron chi connectivity index (χ3n) is 8.11. The molecule has 13 heteroatoms. The van der Waals surface area contributed by atoms with Crippen LogP contribution < -0.4 is 9.80 Å². The minimum absolute atomic E-state index is 0.0385. The average Bonchev–Trinajstić information content (AvgIpc) is 3.51. The van der Waals surface area contributed by atoms with Gasteiger partial charge < -0.3 is 24.2 Å². The second-order valence-corrected chi connectivity index (χ2v) is 11.5. The molecule has 2 aliphatic rings. The summed E-state index contributed by atoms with van der Waals surface area (Å²) in [5.74, 6) is -1.04. The summed E-state index contributed by atoms with van der Waals surface area (Å²) in [7, 11) is 0. The summed E-state index contributed by atoms with van der Waals surface area (Å²) < 4.78 is 53.6. The number of amides is 1. The maximum atomic E-state index is 14.2. The van der Waals surface area contributed by atoms with Crippen LogP contribution in [0, 0.1) is 0 Å². The summed E-state index contributed by atoms with van der Waals surface area (Å²) >= 11 is 6.43. The fourth-order valence-corrected chi connectivity index (χ4v) is 6.11. The first-order valence-corrected chi connectivity index (χ1v) is 15.6. The van der Waals surface area contributed by atoms with E-state index in [2.05, 4.69) is 10.00 Å². The summed E-state index contributed by atoms with van der Waals surface area (Å²) in [5, 5.41) is 4.54. The molecule has 2 saturated heterocycles. The SMILES string of the molecule is CCCOC(=O)N1CCN(c2ccc(-c3ccc(Cl)cc3N3CCCC(n4ncc(C(=O)OCC)c4C(F)(F)F)C3)cc2)CC1. The zero-order valence-electron chi connectivity index (χ0n) is 25.4. The van der Waals surface area contributed by atoms with E-state index in [1.807, 2.05) is 48.2 Å². The van der Waals surface area contributed by atoms with Crippen molar-refractivity contribution in [2.24, 2.45) is 0 Å². The minimum atomic E-state index is -4.78. The number of esters is 1. The number of aromatic nitrogens is 2. The van der Waals surface area contributed by atoms with E-state index in [1.54, 1.807) is 17.9 Å². The molecule has 45 heavy (non-hydrogen) atoms. The van der Waals surface area contributed by atoms with Gasteiger partial charge in [-0.15, -0.1) is 0 Å². The molecule has 0 spiro atoms. The van der Waals surface area contributed by atoms with Crippen LogP contribution in [0.1, 0.15) is 55.2 Å². The number of carbonyl (C=O) groups excluding carboxylic acids is 2. The number of nitrogens with zero attached hydrogens (tertiary/aromatic N) is 5. The van der Waals surface area contributed by atoms with E-state index in [-0.39, 0.29) is 19.2 Å². The lowest BCUT2D eigenvalue weighted by Gasteiger charge is -2.36. The van der Waals surface area contributed by atoms with E-state index in [1.165, 1.54) is 0 Å². The summed E-state index contributed by atoms with van der Waals surface area (Å²) in [6.07, 6.45) is -2.23. The molecule has 0 N–H and O–H groups in total. The molecule has 1 atom stereocenters. The Morgan fingerprint density at radius 2 is 1.71 bits per heavy atom. The first-order valence-electron chi connectivity index (χ1n) is 15.2. The van der Waals surface area contributed by atoms with E-state index in [0.29, 0.717) is 57.2 Å². The van der Waals surface area contributed by atoms with Crippen molar-refractivity contribution >= 4 is 35.0 Å². The van der Waals surface area contributed by atoms with Crippen LogP contribution in [0.15, 0.2) is 48.7 Å². The number of rotatable bonds is 8. The molecule has 242 valence electrons. The van der Waals surface area contributed by atoms with E-state index in [0.717, 1.165) is 39.8 Å². The van der Waals surface area contributed by atoms with Gasteiger partial charge in [-0.05, 0) is 56.0 Å². The quantitative estimate of drug-likeness (QED) is 0.246. The average molecular weight is 648 g/mol. The fraction of sp³-hybridized carbons (Fsp3) is 0.469. The Morgan fingerprint density at radius 3 is 2.38 bits per heavy atom. The predicted molar refractivity (Wildman–Crippen MR) is 166 cm³/mol. The van der Waals surface area contributed by atoms with Crippen molar-refractivity contribution in [2.75, 3.05) is 62.3 Å². The number of piperidine rings is 1. The number of hydrogen-bond donors (Lipinski definition) is 0. The van der Waals surface area contributed by atoms with Crippen LogP contribution in [0.4, 0.5) is 29.3 Å². The van der Waals surface area contributed by atoms with Gasteiger partial charge in [0.2, 0.25) is 0 Å². The van der Waals surface area contributed by atoms with Gasteiger partial charge in [0.1, 0.15) is 5.56 Å². The molecule has 2 fully saturated rings. The Bertz CT molecular complexity index is 1490. The molecule has 2 aromatic carbocycles. The smallest absolute Gasteiger partial charge is 0.433 e. The lowest BCUT2D eigenvalue weighted by atomic mass is 9.99. The summed E-state index contributed by atoms with van der Waals surface area (Å²) in [6.45, 7) is 7.29. The summed E-state index contributed by atoms with van der Waals surface area (Å²) in [6, 6.07) is 13.0. The molecule has 5 rings (SSSR count). The molecule has 1 amide bonds. The normalized spacial score (nSPS) is 17.4. The fourth-order valence-electron chi connectivity index (χ4n) is 5.94. The number of hydrogen-bond acceptors (Lipinski definition) is 7. The third-order valence-corrected chi connectivity index (χ3v) is 8.35. The predicted octanol–water partition coefficient (Wildman–Crippen LogP) is 6.91. The van der Waals surface area contributed by atoms with Gasteiger partial charge in [-0.1, -0.05) is 36.7 Å². The zero-order valence-corrected chi connectivity index (χ0v) is 26.1. The highest BCUT2D eigenvalue weighted by atomic mass is 35.5. The van der Waals surface area contributed by atoms with E-state index >= 15 is 0 Å². The van der Waals surface area contributed by atoms with Gasteiger partial charge in [-0.25, -0.2) is 9.59 Å². The monoisotopic (exact) mass is 647 g/mol. The zero-order chi connectivity index (χ0) is 32.1. The Kier molecular flexibility index (Phi) is 10.1. The third kappa shape index (κ3) is 7.32. The van der Waals surface area contributed by atoms with Crippen molar-refractivity contribution in [3.63, 3.8) is 0 Å². The number of alkyl halides is 3. The maximum absolute atomic E-state index is 14.2. The number of ether oxygens (including phenoxy) is 2. The van der Waals surface area contributed by atoms with Gasteiger partial charge in [0.05, 0.1) is 25.5 Å². The molecule has 9 nitrogen and oxygen atoms in total. The number of carbonyl (C=O) groups is 2. The Hall–Kier alpha value is -3.93. The molecular formula is C32H37ClF3N5O4. The molecule has 1 aromatic heterocycles. The molecule has 0 saturated carbocycles. The molecule has 0 radical (unpaired) electrons. The Labute approximate surface area is 265 Å². The van der Waals surface area contributed by atoms with E-state index in [9.17, 15) is 22.8 Å². The molecule has 1 unspecified atom stereocenters. The first-order chi connectivity index (χ1) is 21.6. The lowest BCUT2D eigenvalue weighted by Crippen LogP contribution is -2.49. The lowest BCUT2D eigenvalue weighted by molar-refractivity contribution is -0.145. The number of halogens is 4. The maximum Gasteiger partial charge on any atom is 0.433 e. The van der Waals surface area contributed by atoms with Crippen molar-refractivity contribution in [1.29, 1.82) is 0 Å². The van der Waals surface area contributed by atoms with Crippen molar-refractivity contribution in [2.45, 2.75) is 45.3 Å². The highest BCUT2D eigenvalue weighted by Gasteiger charge is 2.42. The second kappa shape index (κ2) is 14.0. The van der Waals surface area contributed by atoms with E-state index in [4.69, 9.17) is 21.1 Å². The van der Waals surface area contributed by atoms with Crippen LogP contribution in [0.5, 0.6) is 0 Å². The van der Waals surface area contributed by atoms with Crippen molar-refractivity contribution in [3.05, 3.63) is 64.9 Å². The first kappa shape index (κ1) is 32.5. The van der Waals surface area contributed by atoms with Crippen LogP contribution in [0.3, 0.4) is 0 Å². The van der Waals surface area contributed by atoms with Crippen LogP contribution in [-0.2, 0) is 15.7 Å². The number of anilines is 2. The highest BCUT2D eigenvalue weighted by molar-refractivity contribution is 6.31. The van der Waals surface area contributed by atoms with Gasteiger partial charge in [-0.2, -0.15) is 18.3 Å². The largest absolute Gasteiger partial charge is 0.462 e. The molecular weight excluding hydrogens is 611 g/mol. The summed E-state index contributed by atoms with van der Waals surface area (Å²) in [5.41, 5.74) is 2.01. The minimum Gasteiger partial charge on any atom is -0.462 e. The standard InChI is InChI=1S/C32H37ClF3N5O4/c1-3-18-45-31(43)39-16-14-38(15-17-39)24-10-7-22(8-11-24)26-12-9-23(33)19-28(26)40-13-5-6-25(21-40)41-29(32(34,35)36)27(20-37-41)30(42)44-4-2/h7-12,19-20,25H,3-6,13-18,21H2,1-2H3. The Balaban J connectivity index is 1.34. The molecule has 0 bridgehead atoms. The number of benzene rings is 2.